The molecule has 1 saturated carbocycles. The van der Waals surface area contributed by atoms with Gasteiger partial charge in [-0.2, -0.15) is 0 Å². The van der Waals surface area contributed by atoms with Crippen molar-refractivity contribution in [1.82, 2.24) is 24.4 Å². The third kappa shape index (κ3) is 4.10. The Kier molecular flexibility index (Phi) is 5.07. The van der Waals surface area contributed by atoms with Crippen LogP contribution in [0.5, 0.6) is 5.88 Å². The van der Waals surface area contributed by atoms with E-state index in [9.17, 15) is 4.79 Å². The molecule has 0 atom stereocenters. The van der Waals surface area contributed by atoms with Crippen molar-refractivity contribution in [3.63, 3.8) is 0 Å². The van der Waals surface area contributed by atoms with E-state index in [4.69, 9.17) is 4.74 Å². The first-order valence-electron chi connectivity index (χ1n) is 9.52. The smallest absolute Gasteiger partial charge is 0.347 e. The van der Waals surface area contributed by atoms with E-state index in [0.717, 1.165) is 43.9 Å². The molecular weight excluding hydrogens is 344 g/mol. The van der Waals surface area contributed by atoms with Crippen molar-refractivity contribution in [2.75, 3.05) is 25.1 Å². The summed E-state index contributed by atoms with van der Waals surface area (Å²) in [6.07, 6.45) is 9.82. The number of nitrogens with zero attached hydrogens (tertiary/aromatic N) is 6. The minimum Gasteiger partial charge on any atom is -0.481 e. The predicted molar refractivity (Wildman–Crippen MR) is 102 cm³/mol. The number of methoxy groups -OCH3 is 1. The molecule has 0 bridgehead atoms. The van der Waals surface area contributed by atoms with Crippen LogP contribution < -0.4 is 15.3 Å². The molecule has 4 rings (SSSR count). The van der Waals surface area contributed by atoms with Gasteiger partial charge in [-0.3, -0.25) is 4.90 Å². The van der Waals surface area contributed by atoms with Crippen molar-refractivity contribution >= 4 is 5.82 Å². The van der Waals surface area contributed by atoms with Crippen LogP contribution in [0.2, 0.25) is 0 Å². The van der Waals surface area contributed by atoms with Crippen molar-refractivity contribution in [2.45, 2.75) is 44.3 Å². The number of ether oxygens (including phenoxy) is 1. The molecule has 0 spiro atoms. The molecule has 2 aromatic heterocycles. The van der Waals surface area contributed by atoms with E-state index in [1.807, 2.05) is 12.3 Å². The van der Waals surface area contributed by atoms with Gasteiger partial charge in [0.15, 0.2) is 0 Å². The fourth-order valence-electron chi connectivity index (χ4n) is 3.87. The summed E-state index contributed by atoms with van der Waals surface area (Å²) in [5, 5.41) is 0. The average Bonchev–Trinajstić information content (AvgIpc) is 3.51. The van der Waals surface area contributed by atoms with Crippen LogP contribution in [0.15, 0.2) is 29.6 Å². The zero-order valence-electron chi connectivity index (χ0n) is 15.9. The number of hydrogen-bond acceptors (Lipinski definition) is 7. The highest BCUT2D eigenvalue weighted by Gasteiger charge is 2.36. The van der Waals surface area contributed by atoms with E-state index in [2.05, 4.69) is 24.8 Å². The second-order valence-corrected chi connectivity index (χ2v) is 7.42. The van der Waals surface area contributed by atoms with Gasteiger partial charge >= 0.3 is 5.69 Å². The van der Waals surface area contributed by atoms with E-state index in [1.54, 1.807) is 31.2 Å². The zero-order chi connectivity index (χ0) is 18.8. The SMILES string of the molecule is COc1cc(N(C2CC2)C2CCN(Cc3cnc(=O)n(C)c3)CC2)ncn1. The summed E-state index contributed by atoms with van der Waals surface area (Å²) in [6.45, 7) is 2.89. The average molecular weight is 370 g/mol. The van der Waals surface area contributed by atoms with E-state index < -0.39 is 0 Å². The van der Waals surface area contributed by atoms with Gasteiger partial charge in [-0.25, -0.2) is 19.7 Å². The molecule has 1 aliphatic carbocycles. The maximum absolute atomic E-state index is 11.4. The Hall–Kier alpha value is -2.48. The lowest BCUT2D eigenvalue weighted by atomic mass is 10.0. The zero-order valence-corrected chi connectivity index (χ0v) is 15.9. The van der Waals surface area contributed by atoms with Crippen LogP contribution >= 0.6 is 0 Å². The lowest BCUT2D eigenvalue weighted by molar-refractivity contribution is 0.200. The van der Waals surface area contributed by atoms with Crippen LogP contribution in [0.1, 0.15) is 31.2 Å². The van der Waals surface area contributed by atoms with E-state index in [0.29, 0.717) is 18.0 Å². The van der Waals surface area contributed by atoms with Crippen molar-refractivity contribution in [3.05, 3.63) is 40.8 Å². The summed E-state index contributed by atoms with van der Waals surface area (Å²) in [5.41, 5.74) is 0.868. The quantitative estimate of drug-likeness (QED) is 0.756. The number of likely N-dealkylation sites (tertiary alicyclic amines) is 1. The molecule has 0 radical (unpaired) electrons. The molecule has 1 saturated heterocycles. The predicted octanol–water partition coefficient (Wildman–Crippen LogP) is 1.21. The topological polar surface area (TPSA) is 76.4 Å². The number of aromatic nitrogens is 4. The van der Waals surface area contributed by atoms with Crippen molar-refractivity contribution < 1.29 is 4.74 Å². The third-order valence-corrected chi connectivity index (χ3v) is 5.40. The Morgan fingerprint density at radius 3 is 2.56 bits per heavy atom. The fraction of sp³-hybridized carbons (Fsp3) is 0.579. The highest BCUT2D eigenvalue weighted by atomic mass is 16.5. The van der Waals surface area contributed by atoms with Crippen LogP contribution in [-0.2, 0) is 13.6 Å². The molecule has 8 heteroatoms. The van der Waals surface area contributed by atoms with Crippen LogP contribution in [0.3, 0.4) is 0 Å². The molecule has 2 fully saturated rings. The minimum atomic E-state index is -0.210. The lowest BCUT2D eigenvalue weighted by Gasteiger charge is -2.39. The van der Waals surface area contributed by atoms with Crippen LogP contribution in [0.25, 0.3) is 0 Å². The molecule has 1 aliphatic heterocycles. The Balaban J connectivity index is 1.41. The summed E-state index contributed by atoms with van der Waals surface area (Å²) in [5.74, 6) is 1.59. The van der Waals surface area contributed by atoms with Gasteiger partial charge in [0.25, 0.3) is 0 Å². The minimum absolute atomic E-state index is 0.210. The summed E-state index contributed by atoms with van der Waals surface area (Å²) in [6, 6.07) is 3.03. The molecule has 8 nitrogen and oxygen atoms in total. The van der Waals surface area contributed by atoms with Gasteiger partial charge in [0, 0.05) is 62.8 Å². The molecule has 2 aromatic rings. The molecule has 0 amide bonds. The first kappa shape index (κ1) is 17.9. The van der Waals surface area contributed by atoms with Crippen molar-refractivity contribution in [3.8, 4) is 5.88 Å². The summed E-state index contributed by atoms with van der Waals surface area (Å²) >= 11 is 0. The molecule has 144 valence electrons. The number of rotatable bonds is 6. The standard InChI is InChI=1S/C19H26N6O2/c1-23-11-14(10-20-19(23)26)12-24-7-5-16(6-8-24)25(15-3-4-15)17-9-18(27-2)22-13-21-17/h9-11,13,15-16H,3-8,12H2,1-2H3. The lowest BCUT2D eigenvalue weighted by Crippen LogP contribution is -2.46. The largest absolute Gasteiger partial charge is 0.481 e. The van der Waals surface area contributed by atoms with Crippen LogP contribution in [-0.4, -0.2) is 56.7 Å². The van der Waals surface area contributed by atoms with Gasteiger partial charge in [0.1, 0.15) is 12.1 Å². The molecule has 2 aliphatic rings. The van der Waals surface area contributed by atoms with Gasteiger partial charge in [-0.05, 0) is 25.7 Å². The second-order valence-electron chi connectivity index (χ2n) is 7.42. The first-order valence-corrected chi connectivity index (χ1v) is 9.52. The van der Waals surface area contributed by atoms with Gasteiger partial charge in [-0.15, -0.1) is 0 Å². The van der Waals surface area contributed by atoms with E-state index >= 15 is 0 Å². The van der Waals surface area contributed by atoms with Crippen molar-refractivity contribution in [1.29, 1.82) is 0 Å². The summed E-state index contributed by atoms with van der Waals surface area (Å²) < 4.78 is 6.82. The van der Waals surface area contributed by atoms with E-state index in [-0.39, 0.29) is 5.69 Å². The monoisotopic (exact) mass is 370 g/mol. The van der Waals surface area contributed by atoms with Gasteiger partial charge in [0.2, 0.25) is 5.88 Å². The molecule has 3 heterocycles. The molecule has 0 N–H and O–H groups in total. The number of hydrogen-bond donors (Lipinski definition) is 0. The molecule has 27 heavy (non-hydrogen) atoms. The normalized spacial score (nSPS) is 18.4. The Bertz CT molecular complexity index is 842. The van der Waals surface area contributed by atoms with Gasteiger partial charge < -0.3 is 14.2 Å². The van der Waals surface area contributed by atoms with Crippen molar-refractivity contribution in [2.24, 2.45) is 7.05 Å². The first-order chi connectivity index (χ1) is 13.1. The highest BCUT2D eigenvalue weighted by molar-refractivity contribution is 5.45. The molecule has 0 unspecified atom stereocenters. The van der Waals surface area contributed by atoms with E-state index in [1.165, 1.54) is 12.8 Å². The molecule has 0 aromatic carbocycles. The number of anilines is 1. The maximum Gasteiger partial charge on any atom is 0.347 e. The third-order valence-electron chi connectivity index (χ3n) is 5.40. The summed E-state index contributed by atoms with van der Waals surface area (Å²) in [7, 11) is 3.38. The maximum atomic E-state index is 11.4. The Morgan fingerprint density at radius 1 is 1.15 bits per heavy atom. The highest BCUT2D eigenvalue weighted by Crippen LogP contribution is 2.36. The number of aryl methyl sites for hydroxylation is 1. The summed E-state index contributed by atoms with van der Waals surface area (Å²) in [4.78, 5) is 28.9. The molecular formula is C19H26N6O2. The fourth-order valence-corrected chi connectivity index (χ4v) is 3.87. The second kappa shape index (κ2) is 7.64. The van der Waals surface area contributed by atoms with Crippen LogP contribution in [0, 0.1) is 0 Å². The van der Waals surface area contributed by atoms with Crippen LogP contribution in [0.4, 0.5) is 5.82 Å². The van der Waals surface area contributed by atoms with Gasteiger partial charge in [-0.1, -0.05) is 0 Å². The Labute approximate surface area is 158 Å². The van der Waals surface area contributed by atoms with Gasteiger partial charge in [0.05, 0.1) is 7.11 Å². The Morgan fingerprint density at radius 2 is 1.89 bits per heavy atom. The number of piperidine rings is 1.